The molecule has 0 atom stereocenters. The number of amides is 1. The Morgan fingerprint density at radius 3 is 2.74 bits per heavy atom. The molecule has 2 aromatic rings. The van der Waals surface area contributed by atoms with Crippen LogP contribution in [0.3, 0.4) is 0 Å². The lowest BCUT2D eigenvalue weighted by Gasteiger charge is -2.03. The molecule has 0 radical (unpaired) electrons. The maximum absolute atomic E-state index is 13.4. The van der Waals surface area contributed by atoms with Gasteiger partial charge in [-0.15, -0.1) is 10.2 Å². The molecule has 0 aliphatic heterocycles. The molecule has 0 aliphatic rings. The van der Waals surface area contributed by atoms with E-state index in [2.05, 4.69) is 31.4 Å². The van der Waals surface area contributed by atoms with E-state index < -0.39 is 23.2 Å². The summed E-state index contributed by atoms with van der Waals surface area (Å²) >= 11 is 3.64. The summed E-state index contributed by atoms with van der Waals surface area (Å²) in [5, 5.41) is 8.17. The van der Waals surface area contributed by atoms with E-state index >= 15 is 0 Å². The zero-order valence-electron chi connectivity index (χ0n) is 9.03. The summed E-state index contributed by atoms with van der Waals surface area (Å²) in [5.74, 6) is -1.50. The molecule has 19 heavy (non-hydrogen) atoms. The molecule has 0 aliphatic carbocycles. The molecule has 4 nitrogen and oxygen atoms in total. The van der Waals surface area contributed by atoms with E-state index in [1.165, 1.54) is 12.1 Å². The third-order valence-corrected chi connectivity index (χ3v) is 3.36. The Kier molecular flexibility index (Phi) is 4.15. The fourth-order valence-corrected chi connectivity index (χ4v) is 2.16. The van der Waals surface area contributed by atoms with Crippen molar-refractivity contribution in [2.75, 3.05) is 5.32 Å². The van der Waals surface area contributed by atoms with Crippen molar-refractivity contribution in [3.8, 4) is 0 Å². The molecule has 0 spiro atoms. The number of rotatable bonds is 3. The van der Waals surface area contributed by atoms with Crippen LogP contribution in [0.15, 0.2) is 22.7 Å². The Morgan fingerprint density at radius 1 is 1.37 bits per heavy atom. The highest BCUT2D eigenvalue weighted by Crippen LogP contribution is 2.25. The van der Waals surface area contributed by atoms with Crippen molar-refractivity contribution in [3.63, 3.8) is 0 Å². The van der Waals surface area contributed by atoms with Gasteiger partial charge in [-0.05, 0) is 18.2 Å². The number of alkyl halides is 2. The van der Waals surface area contributed by atoms with Crippen LogP contribution >= 0.6 is 27.3 Å². The highest BCUT2D eigenvalue weighted by molar-refractivity contribution is 9.10. The number of benzene rings is 1. The number of nitrogens with one attached hydrogen (secondary N) is 1. The van der Waals surface area contributed by atoms with Crippen LogP contribution in [0.5, 0.6) is 0 Å². The Labute approximate surface area is 117 Å². The quantitative estimate of drug-likeness (QED) is 0.918. The summed E-state index contributed by atoms with van der Waals surface area (Å²) < 4.78 is 38.5. The minimum atomic E-state index is -2.76. The molecule has 9 heteroatoms. The predicted molar refractivity (Wildman–Crippen MR) is 66.9 cm³/mol. The largest absolute Gasteiger partial charge is 0.296 e. The van der Waals surface area contributed by atoms with Crippen molar-refractivity contribution in [1.82, 2.24) is 10.2 Å². The van der Waals surface area contributed by atoms with Gasteiger partial charge in [0.05, 0.1) is 5.56 Å². The van der Waals surface area contributed by atoms with Gasteiger partial charge in [0, 0.05) is 4.47 Å². The van der Waals surface area contributed by atoms with Crippen molar-refractivity contribution in [1.29, 1.82) is 0 Å². The molecule has 1 N–H and O–H groups in total. The lowest BCUT2D eigenvalue weighted by atomic mass is 10.2. The van der Waals surface area contributed by atoms with Crippen LogP contribution in [0.4, 0.5) is 18.3 Å². The van der Waals surface area contributed by atoms with Crippen molar-refractivity contribution < 1.29 is 18.0 Å². The zero-order valence-corrected chi connectivity index (χ0v) is 11.4. The molecule has 1 aromatic heterocycles. The van der Waals surface area contributed by atoms with Gasteiger partial charge in [0.2, 0.25) is 5.13 Å². The van der Waals surface area contributed by atoms with Crippen LogP contribution in [0.2, 0.25) is 0 Å². The summed E-state index contributed by atoms with van der Waals surface area (Å²) in [6.07, 6.45) is -2.76. The highest BCUT2D eigenvalue weighted by Gasteiger charge is 2.17. The van der Waals surface area contributed by atoms with Crippen LogP contribution in [0, 0.1) is 5.82 Å². The summed E-state index contributed by atoms with van der Waals surface area (Å²) in [6, 6.07) is 3.83. The Bertz CT molecular complexity index is 620. The Hall–Kier alpha value is -1.48. The molecular weight excluding hydrogens is 347 g/mol. The van der Waals surface area contributed by atoms with Crippen molar-refractivity contribution in [2.24, 2.45) is 0 Å². The topological polar surface area (TPSA) is 54.9 Å². The van der Waals surface area contributed by atoms with Crippen LogP contribution in [0.25, 0.3) is 0 Å². The van der Waals surface area contributed by atoms with Crippen LogP contribution in [-0.2, 0) is 0 Å². The number of nitrogens with zero attached hydrogens (tertiary/aromatic N) is 2. The lowest BCUT2D eigenvalue weighted by molar-refractivity contribution is 0.102. The third-order valence-electron chi connectivity index (χ3n) is 2.02. The van der Waals surface area contributed by atoms with Crippen LogP contribution < -0.4 is 5.32 Å². The molecule has 2 rings (SSSR count). The first-order valence-corrected chi connectivity index (χ1v) is 6.46. The van der Waals surface area contributed by atoms with Crippen molar-refractivity contribution >= 4 is 38.3 Å². The SMILES string of the molecule is O=C(Nc1nnc(C(F)F)s1)c1cc(Br)ccc1F. The predicted octanol–water partition coefficient (Wildman–Crippen LogP) is 3.63. The second kappa shape index (κ2) is 5.66. The molecule has 0 fully saturated rings. The van der Waals surface area contributed by atoms with Crippen molar-refractivity contribution in [3.05, 3.63) is 39.1 Å². The van der Waals surface area contributed by atoms with E-state index in [0.29, 0.717) is 15.8 Å². The van der Waals surface area contributed by atoms with Gasteiger partial charge < -0.3 is 0 Å². The maximum atomic E-state index is 13.4. The molecule has 0 bridgehead atoms. The first-order valence-electron chi connectivity index (χ1n) is 4.85. The average molecular weight is 352 g/mol. The summed E-state index contributed by atoms with van der Waals surface area (Å²) in [4.78, 5) is 11.7. The molecule has 0 unspecified atom stereocenters. The van der Waals surface area contributed by atoms with Gasteiger partial charge in [0.1, 0.15) is 5.82 Å². The lowest BCUT2D eigenvalue weighted by Crippen LogP contribution is -2.13. The van der Waals surface area contributed by atoms with E-state index in [4.69, 9.17) is 0 Å². The second-order valence-electron chi connectivity index (χ2n) is 3.32. The summed E-state index contributed by atoms with van der Waals surface area (Å²) in [6.45, 7) is 0. The molecule has 1 aromatic carbocycles. The highest BCUT2D eigenvalue weighted by atomic mass is 79.9. The monoisotopic (exact) mass is 351 g/mol. The van der Waals surface area contributed by atoms with Crippen molar-refractivity contribution in [2.45, 2.75) is 6.43 Å². The van der Waals surface area contributed by atoms with E-state index in [9.17, 15) is 18.0 Å². The maximum Gasteiger partial charge on any atom is 0.291 e. The molecular formula is C10H5BrF3N3OS. The molecule has 1 amide bonds. The Balaban J connectivity index is 2.18. The minimum absolute atomic E-state index is 0.111. The van der Waals surface area contributed by atoms with E-state index in [-0.39, 0.29) is 10.7 Å². The van der Waals surface area contributed by atoms with Gasteiger partial charge in [-0.2, -0.15) is 0 Å². The van der Waals surface area contributed by atoms with Gasteiger partial charge in [-0.1, -0.05) is 27.3 Å². The number of halogens is 4. The fourth-order valence-electron chi connectivity index (χ4n) is 1.21. The number of hydrogen-bond donors (Lipinski definition) is 1. The van der Waals surface area contributed by atoms with Gasteiger partial charge in [-0.3, -0.25) is 10.1 Å². The third kappa shape index (κ3) is 3.29. The van der Waals surface area contributed by atoms with Gasteiger partial charge in [0.15, 0.2) is 5.01 Å². The first-order chi connectivity index (χ1) is 8.97. The fraction of sp³-hybridized carbons (Fsp3) is 0.100. The summed E-state index contributed by atoms with van der Waals surface area (Å²) in [7, 11) is 0. The minimum Gasteiger partial charge on any atom is -0.296 e. The molecule has 0 saturated carbocycles. The van der Waals surface area contributed by atoms with Crippen LogP contribution in [-0.4, -0.2) is 16.1 Å². The first kappa shape index (κ1) is 13.9. The number of carbonyl (C=O) groups is 1. The second-order valence-corrected chi connectivity index (χ2v) is 5.25. The Morgan fingerprint density at radius 2 is 2.11 bits per heavy atom. The molecule has 0 saturated heterocycles. The van der Waals surface area contributed by atoms with Gasteiger partial charge in [-0.25, -0.2) is 13.2 Å². The average Bonchev–Trinajstić information content (AvgIpc) is 2.80. The molecule has 100 valence electrons. The summed E-state index contributed by atoms with van der Waals surface area (Å²) in [5.41, 5.74) is -0.219. The smallest absolute Gasteiger partial charge is 0.291 e. The standard InChI is InChI=1S/C10H5BrF3N3OS/c11-4-1-2-6(12)5(3-4)8(18)15-10-17-16-9(19-10)7(13)14/h1-3,7H,(H,15,17,18). The number of hydrogen-bond acceptors (Lipinski definition) is 4. The van der Waals surface area contributed by atoms with E-state index in [1.807, 2.05) is 0 Å². The van der Waals surface area contributed by atoms with E-state index in [0.717, 1.165) is 6.07 Å². The number of aromatic nitrogens is 2. The van der Waals surface area contributed by atoms with Gasteiger partial charge in [0.25, 0.3) is 12.3 Å². The zero-order chi connectivity index (χ0) is 14.0. The van der Waals surface area contributed by atoms with E-state index in [1.54, 1.807) is 0 Å². The van der Waals surface area contributed by atoms with Crippen LogP contribution in [0.1, 0.15) is 21.8 Å². The normalized spacial score (nSPS) is 10.8. The molecule has 1 heterocycles. The van der Waals surface area contributed by atoms with Gasteiger partial charge >= 0.3 is 0 Å². The number of carbonyl (C=O) groups excluding carboxylic acids is 1. The number of anilines is 1.